The number of nitrogens with zero attached hydrogens (tertiary/aromatic N) is 5. The van der Waals surface area contributed by atoms with E-state index >= 15 is 0 Å². The average Bonchev–Trinajstić information content (AvgIpc) is 3.86. The summed E-state index contributed by atoms with van der Waals surface area (Å²) in [5, 5.41) is 15.9. The summed E-state index contributed by atoms with van der Waals surface area (Å²) in [5.74, 6) is 0. The first-order chi connectivity index (χ1) is 35.9. The minimum atomic E-state index is -2.45. The van der Waals surface area contributed by atoms with Crippen LogP contribution in [0.3, 0.4) is 0 Å². The zero-order valence-electron chi connectivity index (χ0n) is 39.1. The summed E-state index contributed by atoms with van der Waals surface area (Å²) >= 11 is 13.5. The lowest BCUT2D eigenvalue weighted by Gasteiger charge is -2.24. The molecule has 5 aromatic heterocycles. The molecule has 14 aromatic rings. The van der Waals surface area contributed by atoms with E-state index in [0.717, 1.165) is 98.1 Å². The Morgan fingerprint density at radius 3 is 1.74 bits per heavy atom. The second kappa shape index (κ2) is 17.3. The van der Waals surface area contributed by atoms with Crippen LogP contribution >= 0.6 is 12.1 Å². The van der Waals surface area contributed by atoms with Crippen molar-refractivity contribution in [2.75, 3.05) is 0 Å². The fourth-order valence-corrected chi connectivity index (χ4v) is 18.1. The lowest BCUT2D eigenvalue weighted by atomic mass is 9.96. The van der Waals surface area contributed by atoms with Gasteiger partial charge in [-0.3, -0.25) is 19.4 Å². The van der Waals surface area contributed by atoms with E-state index in [4.69, 9.17) is 38.6 Å². The van der Waals surface area contributed by atoms with Gasteiger partial charge < -0.3 is 0 Å². The largest absolute Gasteiger partial charge is 0.292 e. The minimum absolute atomic E-state index is 0.871. The summed E-state index contributed by atoms with van der Waals surface area (Å²) < 4.78 is 2.34. The van der Waals surface area contributed by atoms with Gasteiger partial charge in [-0.2, -0.15) is 0 Å². The summed E-state index contributed by atoms with van der Waals surface area (Å²) in [6, 6.07) is 75.0. The number of fused-ring (bicyclic) bond motifs is 12. The molecule has 2 atom stereocenters. The Hall–Kier alpha value is -8.02. The Bertz CT molecular complexity index is 4580. The topological polar surface area (TPSA) is 56.0 Å². The Morgan fingerprint density at radius 2 is 0.973 bits per heavy atom. The molecule has 0 saturated heterocycles. The Labute approximate surface area is 431 Å². The van der Waals surface area contributed by atoms with E-state index in [9.17, 15) is 0 Å². The van der Waals surface area contributed by atoms with Crippen molar-refractivity contribution in [1.82, 2.24) is 24.3 Å². The number of benzene rings is 9. The molecule has 0 saturated carbocycles. The fourth-order valence-electron chi connectivity index (χ4n) is 10.8. The third-order valence-corrected chi connectivity index (χ3v) is 24.3. The third kappa shape index (κ3) is 7.11. The molecule has 0 aliphatic rings. The van der Waals surface area contributed by atoms with Gasteiger partial charge in [-0.15, -0.1) is 0 Å². The van der Waals surface area contributed by atoms with Gasteiger partial charge in [-0.05, 0) is 120 Å². The van der Waals surface area contributed by atoms with Crippen LogP contribution in [0.15, 0.2) is 249 Å². The molecule has 9 aromatic carbocycles. The highest BCUT2D eigenvalue weighted by Gasteiger charge is 2.27. The molecule has 2 unspecified atom stereocenters. The lowest BCUT2D eigenvalue weighted by molar-refractivity contribution is 1.31. The van der Waals surface area contributed by atoms with Gasteiger partial charge in [0.05, 0.1) is 27.8 Å². The van der Waals surface area contributed by atoms with Crippen LogP contribution in [-0.4, -0.2) is 24.3 Å². The Morgan fingerprint density at radius 1 is 0.356 bits per heavy atom. The molecule has 0 aliphatic heterocycles. The number of pyridine rings is 4. The van der Waals surface area contributed by atoms with Crippen LogP contribution in [0.4, 0.5) is 0 Å². The number of hydrogen-bond donors (Lipinski definition) is 0. The van der Waals surface area contributed by atoms with E-state index in [1.54, 1.807) is 0 Å². The van der Waals surface area contributed by atoms with E-state index in [1.165, 1.54) is 26.9 Å². The molecule has 0 amide bonds. The minimum Gasteiger partial charge on any atom is -0.292 e. The van der Waals surface area contributed by atoms with Crippen LogP contribution in [0.2, 0.25) is 0 Å². The van der Waals surface area contributed by atoms with E-state index in [2.05, 4.69) is 228 Å². The summed E-state index contributed by atoms with van der Waals surface area (Å²) in [5.41, 5.74) is 8.77. The van der Waals surface area contributed by atoms with Gasteiger partial charge >= 0.3 is 0 Å². The van der Waals surface area contributed by atoms with Crippen LogP contribution in [0, 0.1) is 0 Å². The summed E-state index contributed by atoms with van der Waals surface area (Å²) in [7, 11) is 0. The third-order valence-electron chi connectivity index (χ3n) is 14.5. The molecule has 14 rings (SSSR count). The molecular weight excluding hydrogens is 965 g/mol. The predicted octanol–water partition coefficient (Wildman–Crippen LogP) is 13.3. The van der Waals surface area contributed by atoms with Crippen LogP contribution in [-0.2, 0) is 23.6 Å². The van der Waals surface area contributed by atoms with Gasteiger partial charge in [0.2, 0.25) is 0 Å². The van der Waals surface area contributed by atoms with Crippen LogP contribution in [0.25, 0.3) is 93.2 Å². The van der Waals surface area contributed by atoms with E-state index < -0.39 is 12.1 Å². The molecule has 0 fully saturated rings. The first kappa shape index (κ1) is 43.7. The van der Waals surface area contributed by atoms with Gasteiger partial charge in [0.25, 0.3) is 0 Å². The van der Waals surface area contributed by atoms with E-state index in [0.29, 0.717) is 0 Å². The normalized spacial score (nSPS) is 13.5. The molecule has 344 valence electrons. The van der Waals surface area contributed by atoms with Crippen LogP contribution in [0.5, 0.6) is 0 Å². The molecule has 0 spiro atoms. The van der Waals surface area contributed by atoms with Crippen molar-refractivity contribution >= 4 is 138 Å². The maximum Gasteiger partial charge on any atom is 0.146 e. The molecular formula is C64H41N5P2S2. The molecule has 9 heteroatoms. The van der Waals surface area contributed by atoms with Crippen LogP contribution in [0.1, 0.15) is 0 Å². The number of hydrogen-bond acceptors (Lipinski definition) is 6. The smallest absolute Gasteiger partial charge is 0.146 e. The Kier molecular flexibility index (Phi) is 10.4. The highest BCUT2D eigenvalue weighted by atomic mass is 32.4. The van der Waals surface area contributed by atoms with Gasteiger partial charge in [-0.25, -0.2) is 4.98 Å². The second-order valence-corrected chi connectivity index (χ2v) is 27.4. The van der Waals surface area contributed by atoms with Gasteiger partial charge in [0.1, 0.15) is 5.65 Å². The van der Waals surface area contributed by atoms with Crippen molar-refractivity contribution in [3.8, 4) is 22.4 Å². The SMILES string of the molecule is S=P(c1ccccc1)(c1ccc(-c2ccc3nc4c5ccc6ccccc6c5c5ccc(-c6cnc7cc(P(=S)(c8ccccc8)c8ccncc8)ccc7c6)cc5n4c3c2)nc1)c1ccc2ccccc2c1. The predicted molar refractivity (Wildman–Crippen MR) is 317 cm³/mol. The highest BCUT2D eigenvalue weighted by Crippen LogP contribution is 2.45. The molecule has 73 heavy (non-hydrogen) atoms. The molecule has 5 nitrogen and oxygen atoms in total. The first-order valence-electron chi connectivity index (χ1n) is 24.2. The van der Waals surface area contributed by atoms with Crippen molar-refractivity contribution < 1.29 is 0 Å². The quantitative estimate of drug-likeness (QED) is 0.112. The number of aromatic nitrogens is 5. The molecule has 0 N–H and O–H groups in total. The zero-order chi connectivity index (χ0) is 48.7. The highest BCUT2D eigenvalue weighted by molar-refractivity contribution is 8.26. The summed E-state index contributed by atoms with van der Waals surface area (Å²) in [6.45, 7) is 0. The fraction of sp³-hybridized carbons (Fsp3) is 0. The average molecular weight is 1010 g/mol. The maximum atomic E-state index is 6.81. The zero-order valence-corrected chi connectivity index (χ0v) is 42.5. The van der Waals surface area contributed by atoms with Gasteiger partial charge in [-0.1, -0.05) is 181 Å². The second-order valence-electron chi connectivity index (χ2n) is 18.5. The van der Waals surface area contributed by atoms with Gasteiger partial charge in [0, 0.05) is 74.8 Å². The number of imidazole rings is 1. The lowest BCUT2D eigenvalue weighted by Crippen LogP contribution is -2.25. The van der Waals surface area contributed by atoms with Gasteiger partial charge in [0.15, 0.2) is 0 Å². The standard InChI is InChI=1S/C64H41N5P2S2/c72-70(49-14-3-1-4-15-49,51-31-33-65-34-32-51)53-25-20-46-35-48(40-66-60(46)39-53)45-22-27-56-61(37-45)69-62-38-47(23-29-59(62)68-64(69)57-28-21-43-12-9-10-18-55(43)63(56)57)58-30-26-54(41-67-58)71(73,50-16-5-2-6-17-50)52-24-19-42-11-7-8-13-44(42)36-52/h1-41H. The monoisotopic (exact) mass is 1010 g/mol. The van der Waals surface area contributed by atoms with E-state index in [-0.39, 0.29) is 0 Å². The van der Waals surface area contributed by atoms with Crippen molar-refractivity contribution in [2.24, 2.45) is 0 Å². The number of rotatable bonds is 8. The Balaban J connectivity index is 0.908. The van der Waals surface area contributed by atoms with Crippen molar-refractivity contribution in [3.63, 3.8) is 0 Å². The molecule has 0 radical (unpaired) electrons. The van der Waals surface area contributed by atoms with Crippen LogP contribution < -0.4 is 31.8 Å². The van der Waals surface area contributed by atoms with Crippen molar-refractivity contribution in [2.45, 2.75) is 0 Å². The first-order valence-corrected chi connectivity index (χ1v) is 29.8. The van der Waals surface area contributed by atoms with E-state index in [1.807, 2.05) is 30.9 Å². The summed E-state index contributed by atoms with van der Waals surface area (Å²) in [6.07, 6.45) is 7.68. The molecule has 5 heterocycles. The van der Waals surface area contributed by atoms with Crippen molar-refractivity contribution in [1.29, 1.82) is 0 Å². The molecule has 0 bridgehead atoms. The summed E-state index contributed by atoms with van der Waals surface area (Å²) in [4.78, 5) is 20.0. The maximum absolute atomic E-state index is 6.81. The van der Waals surface area contributed by atoms with Crippen molar-refractivity contribution in [3.05, 3.63) is 249 Å². The molecule has 0 aliphatic carbocycles.